The first-order chi connectivity index (χ1) is 10.2. The van der Waals surface area contributed by atoms with Gasteiger partial charge in [-0.2, -0.15) is 0 Å². The smallest absolute Gasteiger partial charge is 0.230 e. The highest BCUT2D eigenvalue weighted by atomic mass is 16.5. The zero-order chi connectivity index (χ0) is 16.9. The molecular weight excluding hydrogens is 276 g/mol. The molecule has 0 radical (unpaired) electrons. The number of benzene rings is 1. The molecule has 0 atom stereocenters. The fourth-order valence-corrected chi connectivity index (χ4v) is 2.31. The predicted octanol–water partition coefficient (Wildman–Crippen LogP) is 4.07. The second-order valence-electron chi connectivity index (χ2n) is 5.71. The van der Waals surface area contributed by atoms with E-state index >= 15 is 0 Å². The fourth-order valence-electron chi connectivity index (χ4n) is 2.31. The van der Waals surface area contributed by atoms with E-state index in [0.29, 0.717) is 5.75 Å². The third-order valence-corrected chi connectivity index (χ3v) is 3.45. The molecule has 1 aromatic rings. The minimum Gasteiger partial charge on any atom is -0.471 e. The lowest BCUT2D eigenvalue weighted by molar-refractivity contribution is -0.141. The zero-order valence-electron chi connectivity index (χ0n) is 13.9. The van der Waals surface area contributed by atoms with Crippen LogP contribution in [0.15, 0.2) is 48.6 Å². The third kappa shape index (κ3) is 3.73. The monoisotopic (exact) mass is 300 g/mol. The molecule has 0 saturated heterocycles. The highest BCUT2D eigenvalue weighted by molar-refractivity contribution is 6.21. The molecule has 1 rings (SSSR count). The molecule has 118 valence electrons. The average molecular weight is 300 g/mol. The summed E-state index contributed by atoms with van der Waals surface area (Å²) >= 11 is 0. The minimum absolute atomic E-state index is 0.282. The summed E-state index contributed by atoms with van der Waals surface area (Å²) in [4.78, 5) is 25.0. The Morgan fingerprint density at radius 3 is 2.05 bits per heavy atom. The summed E-state index contributed by atoms with van der Waals surface area (Å²) in [7, 11) is 0. The number of Topliss-reactive ketones (excluding diaryl/α,β-unsaturated/α-hetero) is 2. The molecule has 0 N–H and O–H groups in total. The van der Waals surface area contributed by atoms with E-state index in [2.05, 4.69) is 20.1 Å². The topological polar surface area (TPSA) is 43.4 Å². The van der Waals surface area contributed by atoms with Crippen LogP contribution in [0.2, 0.25) is 0 Å². The molecule has 3 heteroatoms. The maximum absolute atomic E-state index is 12.5. The van der Waals surface area contributed by atoms with Gasteiger partial charge < -0.3 is 4.74 Å². The number of rotatable bonds is 8. The summed E-state index contributed by atoms with van der Waals surface area (Å²) < 4.78 is 5.91. The average Bonchev–Trinajstić information content (AvgIpc) is 2.47. The summed E-state index contributed by atoms with van der Waals surface area (Å²) in [5, 5.41) is 0. The fraction of sp³-hybridized carbons (Fsp3) is 0.368. The van der Waals surface area contributed by atoms with Gasteiger partial charge in [0.2, 0.25) is 17.2 Å². The van der Waals surface area contributed by atoms with Crippen molar-refractivity contribution in [3.05, 3.63) is 54.1 Å². The van der Waals surface area contributed by atoms with Crippen LogP contribution in [0.4, 0.5) is 0 Å². The van der Waals surface area contributed by atoms with Crippen molar-refractivity contribution in [2.24, 2.45) is 0 Å². The van der Waals surface area contributed by atoms with Crippen molar-refractivity contribution >= 4 is 11.6 Å². The van der Waals surface area contributed by atoms with E-state index in [-0.39, 0.29) is 11.1 Å². The summed E-state index contributed by atoms with van der Waals surface area (Å²) in [6.45, 7) is 14.0. The molecule has 0 amide bonds. The molecule has 0 aromatic heterocycles. The quantitative estimate of drug-likeness (QED) is 0.537. The Morgan fingerprint density at radius 2 is 1.59 bits per heavy atom. The van der Waals surface area contributed by atoms with Gasteiger partial charge in [-0.15, -0.1) is 0 Å². The van der Waals surface area contributed by atoms with Gasteiger partial charge in [0, 0.05) is 0 Å². The van der Waals surface area contributed by atoms with Crippen LogP contribution in [0.3, 0.4) is 0 Å². The number of ether oxygens (including phenoxy) is 1. The van der Waals surface area contributed by atoms with Gasteiger partial charge in [-0.05, 0) is 50.0 Å². The van der Waals surface area contributed by atoms with Crippen LogP contribution < -0.4 is 4.74 Å². The first kappa shape index (κ1) is 17.9. The largest absolute Gasteiger partial charge is 0.471 e. The molecule has 1 aromatic carbocycles. The first-order valence-electron chi connectivity index (χ1n) is 7.41. The number of aryl methyl sites for hydroxylation is 1. The lowest BCUT2D eigenvalue weighted by Crippen LogP contribution is -2.50. The number of carbonyl (C=O) groups excluding carboxylic acids is 2. The molecular formula is C19H24O3. The molecule has 0 bridgehead atoms. The molecule has 0 unspecified atom stereocenters. The summed E-state index contributed by atoms with van der Waals surface area (Å²) in [5.74, 6) is -0.297. The van der Waals surface area contributed by atoms with Crippen LogP contribution in [-0.4, -0.2) is 17.2 Å². The van der Waals surface area contributed by atoms with Crippen molar-refractivity contribution in [2.75, 3.05) is 0 Å². The second kappa shape index (κ2) is 7.21. The van der Waals surface area contributed by atoms with Gasteiger partial charge in [0.05, 0.1) is 0 Å². The molecule has 0 heterocycles. The van der Waals surface area contributed by atoms with Gasteiger partial charge in [-0.25, -0.2) is 0 Å². The van der Waals surface area contributed by atoms with Gasteiger partial charge in [0.25, 0.3) is 0 Å². The van der Waals surface area contributed by atoms with E-state index in [0.717, 1.165) is 18.4 Å². The predicted molar refractivity (Wildman–Crippen MR) is 89.1 cm³/mol. The van der Waals surface area contributed by atoms with Crippen LogP contribution in [0.1, 0.15) is 39.7 Å². The van der Waals surface area contributed by atoms with E-state index in [1.807, 2.05) is 18.2 Å². The van der Waals surface area contributed by atoms with E-state index in [9.17, 15) is 9.59 Å². The Kier molecular flexibility index (Phi) is 5.86. The van der Waals surface area contributed by atoms with Crippen LogP contribution >= 0.6 is 0 Å². The van der Waals surface area contributed by atoms with Gasteiger partial charge >= 0.3 is 0 Å². The Balaban J connectivity index is 3.31. The normalized spacial score (nSPS) is 10.9. The number of carbonyl (C=O) groups is 2. The highest BCUT2D eigenvalue weighted by Gasteiger charge is 2.43. The number of hydrogen-bond acceptors (Lipinski definition) is 3. The van der Waals surface area contributed by atoms with Crippen molar-refractivity contribution in [1.29, 1.82) is 0 Å². The minimum atomic E-state index is -1.62. The third-order valence-electron chi connectivity index (χ3n) is 3.45. The highest BCUT2D eigenvalue weighted by Crippen LogP contribution is 2.28. The van der Waals surface area contributed by atoms with Crippen molar-refractivity contribution in [3.63, 3.8) is 0 Å². The molecule has 0 spiro atoms. The molecule has 0 fully saturated rings. The summed E-state index contributed by atoms with van der Waals surface area (Å²) in [6.07, 6.45) is 1.76. The van der Waals surface area contributed by atoms with Crippen LogP contribution in [0.5, 0.6) is 5.75 Å². The van der Waals surface area contributed by atoms with Gasteiger partial charge in [0.1, 0.15) is 5.75 Å². The second-order valence-corrected chi connectivity index (χ2v) is 5.71. The molecule has 0 aliphatic carbocycles. The Morgan fingerprint density at radius 1 is 1.09 bits per heavy atom. The molecule has 22 heavy (non-hydrogen) atoms. The maximum Gasteiger partial charge on any atom is 0.230 e. The number of para-hydroxylation sites is 1. The maximum atomic E-state index is 12.5. The molecule has 0 saturated carbocycles. The van der Waals surface area contributed by atoms with E-state index in [1.54, 1.807) is 19.9 Å². The van der Waals surface area contributed by atoms with Crippen molar-refractivity contribution in [2.45, 2.75) is 46.1 Å². The summed E-state index contributed by atoms with van der Waals surface area (Å²) in [5.41, 5.74) is -0.0861. The van der Waals surface area contributed by atoms with E-state index < -0.39 is 17.2 Å². The lowest BCUT2D eigenvalue weighted by Gasteiger charge is -2.29. The molecule has 3 nitrogen and oxygen atoms in total. The summed E-state index contributed by atoms with van der Waals surface area (Å²) in [6, 6.07) is 7.46. The molecule has 0 aliphatic heterocycles. The standard InChI is InChI=1S/C19H24O3/c1-7-10-15-11-8-9-12-16(15)22-19(6,17(20)13(2)3)18(21)14(4)5/h8-9,11-12H,2,4,7,10H2,1,3,5-6H3. The van der Waals surface area contributed by atoms with E-state index in [1.165, 1.54) is 6.92 Å². The SMILES string of the molecule is C=C(C)C(=O)C(C)(Oc1ccccc1CCC)C(=O)C(=C)C. The number of hydrogen-bond donors (Lipinski definition) is 0. The number of ketones is 2. The van der Waals surface area contributed by atoms with Gasteiger partial charge in [-0.1, -0.05) is 44.7 Å². The van der Waals surface area contributed by atoms with Crippen molar-refractivity contribution in [1.82, 2.24) is 0 Å². The van der Waals surface area contributed by atoms with Gasteiger partial charge in [-0.3, -0.25) is 9.59 Å². The Labute approximate surface area is 132 Å². The zero-order valence-corrected chi connectivity index (χ0v) is 13.9. The molecule has 0 aliphatic rings. The van der Waals surface area contributed by atoms with E-state index in [4.69, 9.17) is 4.74 Å². The van der Waals surface area contributed by atoms with Crippen LogP contribution in [-0.2, 0) is 16.0 Å². The van der Waals surface area contributed by atoms with Crippen molar-refractivity contribution < 1.29 is 14.3 Å². The van der Waals surface area contributed by atoms with Crippen LogP contribution in [0.25, 0.3) is 0 Å². The van der Waals surface area contributed by atoms with Gasteiger partial charge in [0.15, 0.2) is 0 Å². The van der Waals surface area contributed by atoms with Crippen LogP contribution in [0, 0.1) is 0 Å². The first-order valence-corrected chi connectivity index (χ1v) is 7.41. The van der Waals surface area contributed by atoms with Crippen molar-refractivity contribution in [3.8, 4) is 5.75 Å². The Hall–Kier alpha value is -2.16. The lowest BCUT2D eigenvalue weighted by atomic mass is 9.88. The Bertz CT molecular complexity index is 585.